The maximum atomic E-state index is 12.2. The van der Waals surface area contributed by atoms with Crippen molar-refractivity contribution in [1.82, 2.24) is 19.5 Å². The van der Waals surface area contributed by atoms with Gasteiger partial charge in [0.15, 0.2) is 17.3 Å². The lowest BCUT2D eigenvalue weighted by Crippen LogP contribution is -2.24. The van der Waals surface area contributed by atoms with Crippen molar-refractivity contribution in [1.29, 1.82) is 0 Å². The molecule has 0 radical (unpaired) electrons. The summed E-state index contributed by atoms with van der Waals surface area (Å²) < 4.78 is 6.98. The number of carboxylic acids is 1. The van der Waals surface area contributed by atoms with Gasteiger partial charge in [0.2, 0.25) is 0 Å². The molecule has 25 heavy (non-hydrogen) atoms. The topological polar surface area (TPSA) is 110 Å². The zero-order chi connectivity index (χ0) is 18.4. The molecule has 0 saturated heterocycles. The highest BCUT2D eigenvalue weighted by atomic mass is 16.6. The predicted octanol–water partition coefficient (Wildman–Crippen LogP) is 2.62. The number of aromatic amines is 1. The summed E-state index contributed by atoms with van der Waals surface area (Å²) in [5.74, 6) is -0.635. The number of hydrogen-bond donors (Lipinski definition) is 2. The number of fused-ring (bicyclic) bond motifs is 1. The molecule has 2 aromatic heterocycles. The normalized spacial score (nSPS) is 11.7. The smallest absolute Gasteiger partial charge is 0.359 e. The molecule has 0 atom stereocenters. The van der Waals surface area contributed by atoms with Crippen LogP contribution in [0.1, 0.15) is 41.6 Å². The number of esters is 1. The van der Waals surface area contributed by atoms with Crippen LogP contribution in [-0.2, 0) is 11.8 Å². The Hall–Kier alpha value is -3.16. The van der Waals surface area contributed by atoms with Gasteiger partial charge in [-0.05, 0) is 39.0 Å². The van der Waals surface area contributed by atoms with Gasteiger partial charge in [0, 0.05) is 13.2 Å². The fourth-order valence-electron chi connectivity index (χ4n) is 2.36. The number of nitrogens with one attached hydrogen (secondary N) is 1. The van der Waals surface area contributed by atoms with Gasteiger partial charge in [-0.15, -0.1) is 0 Å². The van der Waals surface area contributed by atoms with Gasteiger partial charge in [-0.2, -0.15) is 0 Å². The van der Waals surface area contributed by atoms with E-state index in [4.69, 9.17) is 9.84 Å². The van der Waals surface area contributed by atoms with Crippen molar-refractivity contribution in [2.24, 2.45) is 7.05 Å². The molecule has 8 nitrogen and oxygen atoms in total. The van der Waals surface area contributed by atoms with Gasteiger partial charge in [0.1, 0.15) is 5.60 Å². The number of imidazole rings is 2. The predicted molar refractivity (Wildman–Crippen MR) is 90.4 cm³/mol. The van der Waals surface area contributed by atoms with E-state index >= 15 is 0 Å². The molecule has 0 bridgehead atoms. The van der Waals surface area contributed by atoms with Gasteiger partial charge < -0.3 is 19.4 Å². The monoisotopic (exact) mass is 342 g/mol. The second-order valence-electron chi connectivity index (χ2n) is 6.69. The molecule has 1 aromatic carbocycles. The molecule has 8 heteroatoms. The Morgan fingerprint density at radius 1 is 1.24 bits per heavy atom. The van der Waals surface area contributed by atoms with Gasteiger partial charge >= 0.3 is 11.9 Å². The number of benzene rings is 1. The standard InChI is InChI=1S/C17H18N4O4/c1-17(2,3)25-16(24)12-8-21(4)14(20-12)13-18-10-6-5-9(15(22)23)7-11(10)19-13/h5-8H,1-4H3,(H,18,19)(H,22,23). The van der Waals surface area contributed by atoms with Gasteiger partial charge in [0.05, 0.1) is 16.6 Å². The number of carbonyl (C=O) groups is 2. The minimum absolute atomic E-state index is 0.164. The quantitative estimate of drug-likeness (QED) is 0.708. The Kier molecular flexibility index (Phi) is 3.82. The molecule has 0 aliphatic rings. The second kappa shape index (κ2) is 5.73. The average Bonchev–Trinajstić information content (AvgIpc) is 3.07. The van der Waals surface area contributed by atoms with Crippen molar-refractivity contribution in [2.45, 2.75) is 26.4 Å². The van der Waals surface area contributed by atoms with Crippen LogP contribution >= 0.6 is 0 Å². The number of hydrogen-bond acceptors (Lipinski definition) is 5. The van der Waals surface area contributed by atoms with E-state index in [0.717, 1.165) is 0 Å². The lowest BCUT2D eigenvalue weighted by Gasteiger charge is -2.18. The van der Waals surface area contributed by atoms with Crippen LogP contribution in [0.3, 0.4) is 0 Å². The van der Waals surface area contributed by atoms with Crippen LogP contribution in [0.2, 0.25) is 0 Å². The van der Waals surface area contributed by atoms with E-state index in [-0.39, 0.29) is 11.3 Å². The van der Waals surface area contributed by atoms with E-state index in [1.54, 1.807) is 44.6 Å². The molecular weight excluding hydrogens is 324 g/mol. The number of aromatic nitrogens is 4. The molecule has 0 amide bonds. The van der Waals surface area contributed by atoms with Crippen molar-refractivity contribution in [3.8, 4) is 11.6 Å². The first-order valence-electron chi connectivity index (χ1n) is 7.64. The van der Waals surface area contributed by atoms with Gasteiger partial charge in [-0.3, -0.25) is 0 Å². The highest BCUT2D eigenvalue weighted by molar-refractivity contribution is 5.93. The number of ether oxygens (including phenoxy) is 1. The van der Waals surface area contributed by atoms with Crippen molar-refractivity contribution in [2.75, 3.05) is 0 Å². The van der Waals surface area contributed by atoms with Crippen LogP contribution in [0.4, 0.5) is 0 Å². The van der Waals surface area contributed by atoms with Gasteiger partial charge in [-0.1, -0.05) is 0 Å². The Bertz CT molecular complexity index is 978. The van der Waals surface area contributed by atoms with Crippen LogP contribution < -0.4 is 0 Å². The first kappa shape index (κ1) is 16.7. The summed E-state index contributed by atoms with van der Waals surface area (Å²) >= 11 is 0. The number of carboxylic acid groups (broad SMARTS) is 1. The molecule has 0 aliphatic heterocycles. The molecular formula is C17H18N4O4. The van der Waals surface area contributed by atoms with Crippen molar-refractivity contribution >= 4 is 23.0 Å². The third-order valence-electron chi connectivity index (χ3n) is 3.43. The molecule has 130 valence electrons. The molecule has 2 N–H and O–H groups in total. The summed E-state index contributed by atoms with van der Waals surface area (Å²) in [6.07, 6.45) is 1.57. The largest absolute Gasteiger partial charge is 0.478 e. The minimum atomic E-state index is -1.01. The first-order chi connectivity index (χ1) is 11.6. The molecule has 3 aromatic rings. The molecule has 0 spiro atoms. The summed E-state index contributed by atoms with van der Waals surface area (Å²) in [4.78, 5) is 35.0. The molecule has 3 rings (SSSR count). The molecule has 2 heterocycles. The van der Waals surface area contributed by atoms with E-state index in [0.29, 0.717) is 22.7 Å². The van der Waals surface area contributed by atoms with E-state index < -0.39 is 17.5 Å². The van der Waals surface area contributed by atoms with Crippen LogP contribution in [-0.4, -0.2) is 42.2 Å². The van der Waals surface area contributed by atoms with E-state index in [1.165, 1.54) is 12.1 Å². The molecule has 0 fully saturated rings. The highest BCUT2D eigenvalue weighted by Gasteiger charge is 2.22. The van der Waals surface area contributed by atoms with Gasteiger partial charge in [-0.25, -0.2) is 19.6 Å². The number of carbonyl (C=O) groups excluding carboxylic acids is 1. The number of nitrogens with zero attached hydrogens (tertiary/aromatic N) is 3. The summed E-state index contributed by atoms with van der Waals surface area (Å²) in [6.45, 7) is 5.36. The zero-order valence-corrected chi connectivity index (χ0v) is 14.3. The number of aromatic carboxylic acids is 1. The fourth-order valence-corrected chi connectivity index (χ4v) is 2.36. The first-order valence-corrected chi connectivity index (χ1v) is 7.64. The van der Waals surface area contributed by atoms with Crippen LogP contribution in [0, 0.1) is 0 Å². The second-order valence-corrected chi connectivity index (χ2v) is 6.69. The van der Waals surface area contributed by atoms with Crippen LogP contribution in [0.5, 0.6) is 0 Å². The SMILES string of the molecule is Cn1cc(C(=O)OC(C)(C)C)nc1-c1nc2ccc(C(=O)O)cc2[nH]1. The van der Waals surface area contributed by atoms with E-state index in [9.17, 15) is 9.59 Å². The molecule has 0 saturated carbocycles. The number of aryl methyl sites for hydroxylation is 1. The summed E-state index contributed by atoms with van der Waals surface area (Å²) in [7, 11) is 1.74. The summed E-state index contributed by atoms with van der Waals surface area (Å²) in [5.41, 5.74) is 0.927. The van der Waals surface area contributed by atoms with E-state index in [2.05, 4.69) is 15.0 Å². The Balaban J connectivity index is 1.98. The van der Waals surface area contributed by atoms with E-state index in [1.807, 2.05) is 0 Å². The van der Waals surface area contributed by atoms with Crippen LogP contribution in [0.15, 0.2) is 24.4 Å². The maximum Gasteiger partial charge on any atom is 0.359 e. The minimum Gasteiger partial charge on any atom is -0.478 e. The zero-order valence-electron chi connectivity index (χ0n) is 14.3. The summed E-state index contributed by atoms with van der Waals surface area (Å²) in [6, 6.07) is 4.61. The highest BCUT2D eigenvalue weighted by Crippen LogP contribution is 2.21. The molecule has 0 unspecified atom stereocenters. The Labute approximate surface area is 143 Å². The Morgan fingerprint density at radius 2 is 1.96 bits per heavy atom. The Morgan fingerprint density at radius 3 is 2.60 bits per heavy atom. The number of H-pyrrole nitrogens is 1. The van der Waals surface area contributed by atoms with Crippen molar-refractivity contribution in [3.05, 3.63) is 35.7 Å². The summed E-state index contributed by atoms with van der Waals surface area (Å²) in [5, 5.41) is 9.07. The average molecular weight is 342 g/mol. The lowest BCUT2D eigenvalue weighted by atomic mass is 10.2. The van der Waals surface area contributed by atoms with Crippen molar-refractivity contribution < 1.29 is 19.4 Å². The van der Waals surface area contributed by atoms with Crippen LogP contribution in [0.25, 0.3) is 22.7 Å². The maximum absolute atomic E-state index is 12.2. The third kappa shape index (κ3) is 3.37. The number of rotatable bonds is 3. The fraction of sp³-hybridized carbons (Fsp3) is 0.294. The molecule has 0 aliphatic carbocycles. The van der Waals surface area contributed by atoms with Crippen molar-refractivity contribution in [3.63, 3.8) is 0 Å². The third-order valence-corrected chi connectivity index (χ3v) is 3.43. The van der Waals surface area contributed by atoms with Gasteiger partial charge in [0.25, 0.3) is 0 Å². The lowest BCUT2D eigenvalue weighted by molar-refractivity contribution is 0.00631.